The third-order valence-corrected chi connectivity index (χ3v) is 5.07. The minimum absolute atomic E-state index is 0.0772. The SMILES string of the molecule is O=C(Cc1cccc2ccccc12)Nc1cc(CCCNC(=O)c2ccccc2)[nH]n1. The highest BCUT2D eigenvalue weighted by atomic mass is 16.2. The Kier molecular flexibility index (Phi) is 6.38. The number of hydrogen-bond acceptors (Lipinski definition) is 3. The summed E-state index contributed by atoms with van der Waals surface area (Å²) in [6.07, 6.45) is 1.78. The van der Waals surface area contributed by atoms with Crippen LogP contribution in [0, 0.1) is 0 Å². The molecule has 6 nitrogen and oxygen atoms in total. The Morgan fingerprint density at radius 2 is 1.68 bits per heavy atom. The third kappa shape index (κ3) is 5.36. The molecule has 3 aromatic carbocycles. The van der Waals surface area contributed by atoms with Gasteiger partial charge in [-0.15, -0.1) is 0 Å². The molecule has 0 radical (unpaired) electrons. The van der Waals surface area contributed by atoms with E-state index in [1.165, 1.54) is 0 Å². The van der Waals surface area contributed by atoms with E-state index in [-0.39, 0.29) is 18.2 Å². The zero-order chi connectivity index (χ0) is 21.5. The molecular weight excluding hydrogens is 388 g/mol. The number of aromatic nitrogens is 2. The zero-order valence-electron chi connectivity index (χ0n) is 17.1. The second-order valence-electron chi connectivity index (χ2n) is 7.37. The number of carbonyl (C=O) groups is 2. The summed E-state index contributed by atoms with van der Waals surface area (Å²) in [5, 5.41) is 15.1. The number of nitrogens with one attached hydrogen (secondary N) is 3. The molecular formula is C25H24N4O2. The van der Waals surface area contributed by atoms with Crippen molar-refractivity contribution in [1.82, 2.24) is 15.5 Å². The number of benzene rings is 3. The second kappa shape index (κ2) is 9.71. The maximum Gasteiger partial charge on any atom is 0.251 e. The molecule has 0 spiro atoms. The minimum atomic E-state index is -0.107. The molecule has 0 aliphatic rings. The summed E-state index contributed by atoms with van der Waals surface area (Å²) in [4.78, 5) is 24.5. The van der Waals surface area contributed by atoms with E-state index in [9.17, 15) is 9.59 Å². The topological polar surface area (TPSA) is 86.9 Å². The molecule has 4 rings (SSSR count). The lowest BCUT2D eigenvalue weighted by Crippen LogP contribution is -2.24. The molecule has 0 saturated carbocycles. The molecule has 2 amide bonds. The lowest BCUT2D eigenvalue weighted by atomic mass is 10.0. The van der Waals surface area contributed by atoms with Crippen molar-refractivity contribution in [2.75, 3.05) is 11.9 Å². The minimum Gasteiger partial charge on any atom is -0.352 e. The van der Waals surface area contributed by atoms with Crippen LogP contribution in [-0.4, -0.2) is 28.6 Å². The molecule has 0 fully saturated rings. The maximum atomic E-state index is 12.5. The molecule has 4 aromatic rings. The summed E-state index contributed by atoms with van der Waals surface area (Å²) < 4.78 is 0. The van der Waals surface area contributed by atoms with Gasteiger partial charge >= 0.3 is 0 Å². The van der Waals surface area contributed by atoms with Crippen LogP contribution in [0.15, 0.2) is 78.9 Å². The lowest BCUT2D eigenvalue weighted by Gasteiger charge is -2.06. The molecule has 0 bridgehead atoms. The summed E-state index contributed by atoms with van der Waals surface area (Å²) in [6.45, 7) is 0.565. The second-order valence-corrected chi connectivity index (χ2v) is 7.37. The summed E-state index contributed by atoms with van der Waals surface area (Å²) >= 11 is 0. The standard InChI is InChI=1S/C25H24N4O2/c30-24(16-20-12-6-11-18-8-4-5-14-22(18)20)27-23-17-21(28-29-23)13-7-15-26-25(31)19-9-2-1-3-10-19/h1-6,8-12,14,17H,7,13,15-16H2,(H,26,31)(H2,27,28,29,30). The first-order valence-corrected chi connectivity index (χ1v) is 10.3. The first-order valence-electron chi connectivity index (χ1n) is 10.3. The number of rotatable bonds is 8. The molecule has 3 N–H and O–H groups in total. The van der Waals surface area contributed by atoms with Gasteiger partial charge in [0.25, 0.3) is 5.91 Å². The van der Waals surface area contributed by atoms with Gasteiger partial charge in [0.05, 0.1) is 6.42 Å². The highest BCUT2D eigenvalue weighted by molar-refractivity contribution is 5.95. The first kappa shape index (κ1) is 20.3. The van der Waals surface area contributed by atoms with Gasteiger partial charge in [0.2, 0.25) is 5.91 Å². The molecule has 6 heteroatoms. The van der Waals surface area contributed by atoms with Crippen LogP contribution in [-0.2, 0) is 17.6 Å². The fourth-order valence-electron chi connectivity index (χ4n) is 3.53. The van der Waals surface area contributed by atoms with Crippen LogP contribution in [0.5, 0.6) is 0 Å². The summed E-state index contributed by atoms with van der Waals surface area (Å²) in [7, 11) is 0. The molecule has 0 unspecified atom stereocenters. The van der Waals surface area contributed by atoms with Crippen molar-refractivity contribution in [2.24, 2.45) is 0 Å². The van der Waals surface area contributed by atoms with Crippen LogP contribution < -0.4 is 10.6 Å². The molecule has 0 aliphatic carbocycles. The predicted octanol–water partition coefficient (Wildman–Crippen LogP) is 4.11. The van der Waals surface area contributed by atoms with Crippen molar-refractivity contribution in [3.8, 4) is 0 Å². The first-order chi connectivity index (χ1) is 15.2. The number of aromatic amines is 1. The van der Waals surface area contributed by atoms with E-state index in [1.54, 1.807) is 12.1 Å². The quantitative estimate of drug-likeness (QED) is 0.381. The smallest absolute Gasteiger partial charge is 0.251 e. The Morgan fingerprint density at radius 1 is 0.903 bits per heavy atom. The van der Waals surface area contributed by atoms with Crippen LogP contribution in [0.4, 0.5) is 5.82 Å². The normalized spacial score (nSPS) is 10.7. The lowest BCUT2D eigenvalue weighted by molar-refractivity contribution is -0.115. The van der Waals surface area contributed by atoms with Crippen LogP contribution in [0.1, 0.15) is 28.0 Å². The number of hydrogen-bond donors (Lipinski definition) is 3. The Balaban J connectivity index is 1.25. The fraction of sp³-hybridized carbons (Fsp3) is 0.160. The van der Waals surface area contributed by atoms with E-state index in [0.717, 1.165) is 34.9 Å². The van der Waals surface area contributed by atoms with Crippen LogP contribution in [0.25, 0.3) is 10.8 Å². The van der Waals surface area contributed by atoms with E-state index in [2.05, 4.69) is 20.8 Å². The monoisotopic (exact) mass is 412 g/mol. The van der Waals surface area contributed by atoms with Crippen LogP contribution >= 0.6 is 0 Å². The molecule has 1 aromatic heterocycles. The predicted molar refractivity (Wildman–Crippen MR) is 122 cm³/mol. The largest absolute Gasteiger partial charge is 0.352 e. The average Bonchev–Trinajstić information content (AvgIpc) is 3.24. The van der Waals surface area contributed by atoms with Gasteiger partial charge in [-0.05, 0) is 41.3 Å². The summed E-state index contributed by atoms with van der Waals surface area (Å²) in [6, 6.07) is 25.0. The molecule has 1 heterocycles. The Bertz CT molecular complexity index is 1180. The van der Waals surface area contributed by atoms with Gasteiger partial charge in [-0.25, -0.2) is 0 Å². The molecule has 0 atom stereocenters. The van der Waals surface area contributed by atoms with Gasteiger partial charge in [-0.2, -0.15) is 5.10 Å². The number of amides is 2. The molecule has 156 valence electrons. The van der Waals surface area contributed by atoms with Crippen LogP contribution in [0.3, 0.4) is 0 Å². The number of fused-ring (bicyclic) bond motifs is 1. The van der Waals surface area contributed by atoms with E-state index in [0.29, 0.717) is 17.9 Å². The van der Waals surface area contributed by atoms with Gasteiger partial charge in [0, 0.05) is 23.9 Å². The van der Waals surface area contributed by atoms with Gasteiger partial charge in [0.1, 0.15) is 0 Å². The van der Waals surface area contributed by atoms with Gasteiger partial charge in [0.15, 0.2) is 5.82 Å². The van der Waals surface area contributed by atoms with Crippen molar-refractivity contribution >= 4 is 28.4 Å². The van der Waals surface area contributed by atoms with Crippen molar-refractivity contribution in [3.63, 3.8) is 0 Å². The van der Waals surface area contributed by atoms with Crippen molar-refractivity contribution in [3.05, 3.63) is 95.7 Å². The number of aryl methyl sites for hydroxylation is 1. The third-order valence-electron chi connectivity index (χ3n) is 5.07. The van der Waals surface area contributed by atoms with Crippen molar-refractivity contribution < 1.29 is 9.59 Å². The maximum absolute atomic E-state index is 12.5. The summed E-state index contributed by atoms with van der Waals surface area (Å²) in [5.41, 5.74) is 2.55. The van der Waals surface area contributed by atoms with E-state index in [4.69, 9.17) is 0 Å². The fourth-order valence-corrected chi connectivity index (χ4v) is 3.53. The number of carbonyl (C=O) groups excluding carboxylic acids is 2. The Hall–Kier alpha value is -3.93. The van der Waals surface area contributed by atoms with E-state index in [1.807, 2.05) is 66.7 Å². The van der Waals surface area contributed by atoms with Crippen molar-refractivity contribution in [2.45, 2.75) is 19.3 Å². The molecule has 0 aliphatic heterocycles. The Morgan fingerprint density at radius 3 is 2.55 bits per heavy atom. The number of nitrogens with zero attached hydrogens (tertiary/aromatic N) is 1. The molecule has 31 heavy (non-hydrogen) atoms. The molecule has 0 saturated heterocycles. The summed E-state index contributed by atoms with van der Waals surface area (Å²) in [5.74, 6) is 0.324. The zero-order valence-corrected chi connectivity index (χ0v) is 17.1. The average molecular weight is 412 g/mol. The van der Waals surface area contributed by atoms with E-state index >= 15 is 0 Å². The Labute approximate surface area is 180 Å². The highest BCUT2D eigenvalue weighted by Gasteiger charge is 2.10. The highest BCUT2D eigenvalue weighted by Crippen LogP contribution is 2.19. The van der Waals surface area contributed by atoms with Gasteiger partial charge < -0.3 is 10.6 Å². The van der Waals surface area contributed by atoms with Gasteiger partial charge in [-0.3, -0.25) is 14.7 Å². The number of anilines is 1. The van der Waals surface area contributed by atoms with Crippen molar-refractivity contribution in [1.29, 1.82) is 0 Å². The number of H-pyrrole nitrogens is 1. The van der Waals surface area contributed by atoms with Gasteiger partial charge in [-0.1, -0.05) is 60.7 Å². The van der Waals surface area contributed by atoms with Crippen LogP contribution in [0.2, 0.25) is 0 Å². The van der Waals surface area contributed by atoms with E-state index < -0.39 is 0 Å².